The standard InChI is InChI=1S/C14H26O5/c1-9(2)12-5-4-10(3)6-14(12,19-13(17)18)7-11(16)8-15/h9-12,15-16H,4-8H2,1-3H3,(H,17,18)/t10-,11?,12+,14-/m1/s1. The Bertz CT molecular complexity index is 304. The van der Waals surface area contributed by atoms with Gasteiger partial charge in [0.25, 0.3) is 0 Å². The number of carboxylic acid groups (broad SMARTS) is 1. The maximum atomic E-state index is 11.1. The van der Waals surface area contributed by atoms with Crippen molar-refractivity contribution in [1.82, 2.24) is 0 Å². The van der Waals surface area contributed by atoms with Crippen molar-refractivity contribution in [1.29, 1.82) is 0 Å². The second-order valence-corrected chi connectivity index (χ2v) is 6.21. The summed E-state index contributed by atoms with van der Waals surface area (Å²) in [7, 11) is 0. The summed E-state index contributed by atoms with van der Waals surface area (Å²) in [5, 5.41) is 27.8. The lowest BCUT2D eigenvalue weighted by Gasteiger charge is -2.47. The van der Waals surface area contributed by atoms with E-state index in [4.69, 9.17) is 14.9 Å². The van der Waals surface area contributed by atoms with Crippen LogP contribution in [0.15, 0.2) is 0 Å². The highest BCUT2D eigenvalue weighted by atomic mass is 16.7. The maximum absolute atomic E-state index is 11.1. The highest BCUT2D eigenvalue weighted by Gasteiger charge is 2.48. The maximum Gasteiger partial charge on any atom is 0.506 e. The molecule has 0 aliphatic heterocycles. The van der Waals surface area contributed by atoms with Gasteiger partial charge >= 0.3 is 6.16 Å². The molecule has 3 N–H and O–H groups in total. The summed E-state index contributed by atoms with van der Waals surface area (Å²) in [6.07, 6.45) is 0.478. The third-order valence-corrected chi connectivity index (χ3v) is 4.23. The quantitative estimate of drug-likeness (QED) is 0.669. The van der Waals surface area contributed by atoms with Crippen molar-refractivity contribution >= 4 is 6.16 Å². The second-order valence-electron chi connectivity index (χ2n) is 6.21. The number of ether oxygens (including phenoxy) is 1. The molecule has 1 aliphatic rings. The highest BCUT2D eigenvalue weighted by Crippen LogP contribution is 2.46. The van der Waals surface area contributed by atoms with Gasteiger partial charge in [-0.2, -0.15) is 0 Å². The van der Waals surface area contributed by atoms with E-state index in [0.29, 0.717) is 12.3 Å². The van der Waals surface area contributed by atoms with Crippen LogP contribution in [-0.4, -0.2) is 39.8 Å². The number of hydrogen-bond acceptors (Lipinski definition) is 4. The Hall–Kier alpha value is -0.810. The lowest BCUT2D eigenvalue weighted by Crippen LogP contribution is -2.51. The van der Waals surface area contributed by atoms with Crippen molar-refractivity contribution in [3.05, 3.63) is 0 Å². The van der Waals surface area contributed by atoms with Gasteiger partial charge in [0.2, 0.25) is 0 Å². The van der Waals surface area contributed by atoms with E-state index < -0.39 is 17.9 Å². The summed E-state index contributed by atoms with van der Waals surface area (Å²) >= 11 is 0. The molecule has 0 saturated heterocycles. The fraction of sp³-hybridized carbons (Fsp3) is 0.929. The molecule has 0 aromatic heterocycles. The number of aliphatic hydroxyl groups is 2. The van der Waals surface area contributed by atoms with Gasteiger partial charge < -0.3 is 20.1 Å². The van der Waals surface area contributed by atoms with E-state index in [1.165, 1.54) is 0 Å². The predicted molar refractivity (Wildman–Crippen MR) is 70.9 cm³/mol. The zero-order chi connectivity index (χ0) is 14.6. The van der Waals surface area contributed by atoms with Gasteiger partial charge in [-0.15, -0.1) is 0 Å². The highest BCUT2D eigenvalue weighted by molar-refractivity contribution is 5.57. The van der Waals surface area contributed by atoms with E-state index in [2.05, 4.69) is 6.92 Å². The Morgan fingerprint density at radius 3 is 2.53 bits per heavy atom. The molecule has 1 saturated carbocycles. The van der Waals surface area contributed by atoms with Crippen molar-refractivity contribution in [2.24, 2.45) is 17.8 Å². The summed E-state index contributed by atoms with van der Waals surface area (Å²) in [6, 6.07) is 0. The van der Waals surface area contributed by atoms with Crippen molar-refractivity contribution in [3.8, 4) is 0 Å². The van der Waals surface area contributed by atoms with E-state index >= 15 is 0 Å². The fourth-order valence-corrected chi connectivity index (χ4v) is 3.54. The van der Waals surface area contributed by atoms with Crippen LogP contribution in [0.4, 0.5) is 4.79 Å². The molecular weight excluding hydrogens is 248 g/mol. The minimum absolute atomic E-state index is 0.0843. The van der Waals surface area contributed by atoms with E-state index in [1.807, 2.05) is 13.8 Å². The number of hydrogen-bond donors (Lipinski definition) is 3. The van der Waals surface area contributed by atoms with Gasteiger partial charge in [-0.25, -0.2) is 4.79 Å². The third kappa shape index (κ3) is 4.08. The van der Waals surface area contributed by atoms with Crippen molar-refractivity contribution in [2.45, 2.75) is 58.2 Å². The van der Waals surface area contributed by atoms with Crippen LogP contribution in [0.5, 0.6) is 0 Å². The monoisotopic (exact) mass is 274 g/mol. The molecule has 0 heterocycles. The van der Waals surface area contributed by atoms with Crippen LogP contribution in [0.1, 0.15) is 46.5 Å². The summed E-state index contributed by atoms with van der Waals surface area (Å²) < 4.78 is 5.24. The molecule has 0 radical (unpaired) electrons. The van der Waals surface area contributed by atoms with Crippen LogP contribution in [0, 0.1) is 17.8 Å². The van der Waals surface area contributed by atoms with E-state index in [1.54, 1.807) is 0 Å². The number of rotatable bonds is 5. The first kappa shape index (κ1) is 16.2. The van der Waals surface area contributed by atoms with Crippen LogP contribution in [-0.2, 0) is 4.74 Å². The topological polar surface area (TPSA) is 87.0 Å². The van der Waals surface area contributed by atoms with Gasteiger partial charge in [-0.05, 0) is 24.7 Å². The molecule has 5 nitrogen and oxygen atoms in total. The van der Waals surface area contributed by atoms with Gasteiger partial charge in [0.15, 0.2) is 0 Å². The molecule has 1 aliphatic carbocycles. The van der Waals surface area contributed by atoms with Crippen LogP contribution in [0.3, 0.4) is 0 Å². The SMILES string of the molecule is CC(C)[C@@H]1CC[C@@H](C)C[C@]1(CC(O)CO)OC(=O)O. The molecular formula is C14H26O5. The molecule has 5 heteroatoms. The first-order valence-electron chi connectivity index (χ1n) is 7.01. The predicted octanol–water partition coefficient (Wildman–Crippen LogP) is 2.26. The molecule has 19 heavy (non-hydrogen) atoms. The van der Waals surface area contributed by atoms with Crippen LogP contribution >= 0.6 is 0 Å². The second kappa shape index (κ2) is 6.57. The van der Waals surface area contributed by atoms with Crippen LogP contribution in [0.2, 0.25) is 0 Å². The first-order chi connectivity index (χ1) is 8.80. The Morgan fingerprint density at radius 1 is 1.42 bits per heavy atom. The fourth-order valence-electron chi connectivity index (χ4n) is 3.54. The molecule has 0 amide bonds. The molecule has 1 rings (SSSR count). The molecule has 0 aromatic rings. The zero-order valence-electron chi connectivity index (χ0n) is 12.0. The van der Waals surface area contributed by atoms with Gasteiger partial charge in [0.05, 0.1) is 12.7 Å². The van der Waals surface area contributed by atoms with Crippen molar-refractivity contribution in [2.75, 3.05) is 6.61 Å². The number of carbonyl (C=O) groups is 1. The molecule has 112 valence electrons. The normalized spacial score (nSPS) is 33.2. The molecule has 0 bridgehead atoms. The lowest BCUT2D eigenvalue weighted by molar-refractivity contribution is -0.127. The minimum atomic E-state index is -1.30. The Morgan fingerprint density at radius 2 is 2.05 bits per heavy atom. The number of aliphatic hydroxyl groups excluding tert-OH is 2. The molecule has 1 unspecified atom stereocenters. The van der Waals surface area contributed by atoms with E-state index in [0.717, 1.165) is 12.8 Å². The Kier molecular flexibility index (Phi) is 5.62. The third-order valence-electron chi connectivity index (χ3n) is 4.23. The zero-order valence-corrected chi connectivity index (χ0v) is 12.0. The average Bonchev–Trinajstić information content (AvgIpc) is 2.26. The molecule has 0 aromatic carbocycles. The smallest absolute Gasteiger partial charge is 0.450 e. The largest absolute Gasteiger partial charge is 0.506 e. The first-order valence-corrected chi connectivity index (χ1v) is 7.01. The van der Waals surface area contributed by atoms with Gasteiger partial charge in [0.1, 0.15) is 5.60 Å². The summed E-state index contributed by atoms with van der Waals surface area (Å²) in [4.78, 5) is 11.1. The molecule has 4 atom stereocenters. The van der Waals surface area contributed by atoms with Crippen LogP contribution in [0.25, 0.3) is 0 Å². The van der Waals surface area contributed by atoms with Crippen molar-refractivity contribution in [3.63, 3.8) is 0 Å². The van der Waals surface area contributed by atoms with E-state index in [-0.39, 0.29) is 24.9 Å². The van der Waals surface area contributed by atoms with Crippen LogP contribution < -0.4 is 0 Å². The Balaban J connectivity index is 3.02. The average molecular weight is 274 g/mol. The van der Waals surface area contributed by atoms with Gasteiger partial charge in [-0.3, -0.25) is 0 Å². The molecule has 1 fully saturated rings. The summed E-state index contributed by atoms with van der Waals surface area (Å²) in [5.41, 5.74) is -0.875. The minimum Gasteiger partial charge on any atom is -0.450 e. The molecule has 0 spiro atoms. The lowest BCUT2D eigenvalue weighted by atomic mass is 9.65. The van der Waals surface area contributed by atoms with Gasteiger partial charge in [-0.1, -0.05) is 27.2 Å². The van der Waals surface area contributed by atoms with E-state index in [9.17, 15) is 9.90 Å². The summed E-state index contributed by atoms with van der Waals surface area (Å²) in [5.74, 6) is 0.721. The Labute approximate surface area is 114 Å². The van der Waals surface area contributed by atoms with Gasteiger partial charge in [0, 0.05) is 12.3 Å². The van der Waals surface area contributed by atoms with Crippen molar-refractivity contribution < 1.29 is 24.9 Å². The summed E-state index contributed by atoms with van der Waals surface area (Å²) in [6.45, 7) is 5.80.